The minimum Gasteiger partial charge on any atom is -0.467 e. The fourth-order valence-corrected chi connectivity index (χ4v) is 2.52. The molecule has 0 fully saturated rings. The van der Waals surface area contributed by atoms with E-state index in [-0.39, 0.29) is 17.1 Å². The van der Waals surface area contributed by atoms with Gasteiger partial charge < -0.3 is 14.7 Å². The molecule has 2 N–H and O–H groups in total. The summed E-state index contributed by atoms with van der Waals surface area (Å²) in [5.74, 6) is 0.545. The van der Waals surface area contributed by atoms with Crippen LogP contribution in [0.1, 0.15) is 5.76 Å². The second-order valence-corrected chi connectivity index (χ2v) is 5.44. The first-order chi connectivity index (χ1) is 12.6. The van der Waals surface area contributed by atoms with Crippen LogP contribution in [0, 0.1) is 5.82 Å². The van der Waals surface area contributed by atoms with Crippen molar-refractivity contribution in [2.75, 3.05) is 5.32 Å². The summed E-state index contributed by atoms with van der Waals surface area (Å²) in [6, 6.07) is 8.73. The maximum atomic E-state index is 13.4. The molecule has 2 aliphatic rings. The zero-order chi connectivity index (χ0) is 18.1. The van der Waals surface area contributed by atoms with Crippen LogP contribution < -0.4 is 16.6 Å². The number of aromatic nitrogens is 4. The Morgan fingerprint density at radius 2 is 2.12 bits per heavy atom. The lowest BCUT2D eigenvalue weighted by Crippen LogP contribution is -2.36. The number of furan rings is 1. The molecule has 4 rings (SSSR count). The zero-order valence-electron chi connectivity index (χ0n) is 13.3. The molecule has 0 bridgehead atoms. The van der Waals surface area contributed by atoms with E-state index >= 15 is 0 Å². The summed E-state index contributed by atoms with van der Waals surface area (Å²) in [6.07, 6.45) is 2.86. The smallest absolute Gasteiger partial charge is 0.357 e. The number of hydrogen-bond acceptors (Lipinski definition) is 6. The van der Waals surface area contributed by atoms with Gasteiger partial charge in [0.2, 0.25) is 5.95 Å². The normalized spacial score (nSPS) is 11.0. The minimum absolute atomic E-state index is 0.0876. The molecular weight excluding hydrogens is 341 g/mol. The summed E-state index contributed by atoms with van der Waals surface area (Å²) in [6.45, 7) is 0.368. The largest absolute Gasteiger partial charge is 0.467 e. The highest BCUT2D eigenvalue weighted by Gasteiger charge is 2.17. The third-order valence-corrected chi connectivity index (χ3v) is 3.72. The summed E-state index contributed by atoms with van der Waals surface area (Å²) >= 11 is 0. The van der Waals surface area contributed by atoms with Gasteiger partial charge in [-0.15, -0.1) is 0 Å². The van der Waals surface area contributed by atoms with Crippen molar-refractivity contribution in [3.63, 3.8) is 0 Å². The van der Waals surface area contributed by atoms with Crippen molar-refractivity contribution in [1.82, 2.24) is 19.5 Å². The van der Waals surface area contributed by atoms with Gasteiger partial charge in [-0.25, -0.2) is 18.7 Å². The third kappa shape index (κ3) is 2.86. The number of anilines is 1. The SMILES string of the molecule is O=c1nc2[nH]c(NCc3ccco3)ncc-2c(=O)n1-c1cccc(F)c1. The van der Waals surface area contributed by atoms with Gasteiger partial charge in [-0.1, -0.05) is 6.07 Å². The summed E-state index contributed by atoms with van der Waals surface area (Å²) in [7, 11) is 0. The van der Waals surface area contributed by atoms with Gasteiger partial charge in [-0.3, -0.25) is 4.79 Å². The van der Waals surface area contributed by atoms with Crippen LogP contribution in [0.3, 0.4) is 0 Å². The van der Waals surface area contributed by atoms with E-state index in [0.29, 0.717) is 18.3 Å². The van der Waals surface area contributed by atoms with Crippen LogP contribution >= 0.6 is 0 Å². The van der Waals surface area contributed by atoms with Crippen LogP contribution in [0.2, 0.25) is 0 Å². The standard InChI is InChI=1S/C17H12FN5O3/c18-10-3-1-4-11(7-10)23-15(24)13-9-20-16(21-14(13)22-17(23)25)19-8-12-5-2-6-26-12/h1-7,9H,8H2,(H2,19,20,21,22,25). The number of hydrogen-bond donors (Lipinski definition) is 2. The van der Waals surface area contributed by atoms with E-state index in [1.165, 1.54) is 24.4 Å². The number of fused-ring (bicyclic) bond motifs is 1. The molecule has 0 spiro atoms. The molecule has 0 aliphatic carbocycles. The minimum atomic E-state index is -0.812. The third-order valence-electron chi connectivity index (χ3n) is 3.72. The molecule has 26 heavy (non-hydrogen) atoms. The first-order valence-corrected chi connectivity index (χ1v) is 7.66. The van der Waals surface area contributed by atoms with Crippen molar-refractivity contribution in [3.8, 4) is 17.1 Å². The van der Waals surface area contributed by atoms with Gasteiger partial charge in [0, 0.05) is 6.20 Å². The van der Waals surface area contributed by atoms with E-state index < -0.39 is 17.1 Å². The number of nitrogens with zero attached hydrogens (tertiary/aromatic N) is 3. The number of nitrogens with one attached hydrogen (secondary N) is 2. The van der Waals surface area contributed by atoms with Crippen molar-refractivity contribution in [3.05, 3.63) is 81.3 Å². The van der Waals surface area contributed by atoms with E-state index in [2.05, 4.69) is 20.3 Å². The van der Waals surface area contributed by atoms with Crippen LogP contribution in [-0.2, 0) is 6.54 Å². The fourth-order valence-electron chi connectivity index (χ4n) is 2.52. The Kier molecular flexibility index (Phi) is 3.81. The average molecular weight is 353 g/mol. The van der Waals surface area contributed by atoms with Gasteiger partial charge in [0.05, 0.1) is 18.5 Å². The van der Waals surface area contributed by atoms with E-state index in [1.54, 1.807) is 18.4 Å². The van der Waals surface area contributed by atoms with Crippen LogP contribution in [0.25, 0.3) is 17.1 Å². The summed E-state index contributed by atoms with van der Waals surface area (Å²) in [5.41, 5.74) is -1.23. The molecule has 2 aromatic rings. The molecule has 9 heteroatoms. The van der Waals surface area contributed by atoms with Gasteiger partial charge in [-0.2, -0.15) is 4.98 Å². The lowest BCUT2D eigenvalue weighted by molar-refractivity contribution is 0.517. The Morgan fingerprint density at radius 3 is 2.88 bits per heavy atom. The Labute approximate surface area is 145 Å². The lowest BCUT2D eigenvalue weighted by Gasteiger charge is -2.10. The topological polar surface area (TPSA) is 106 Å². The van der Waals surface area contributed by atoms with Crippen molar-refractivity contribution in [2.24, 2.45) is 0 Å². The van der Waals surface area contributed by atoms with Gasteiger partial charge in [0.25, 0.3) is 5.56 Å². The van der Waals surface area contributed by atoms with Crippen molar-refractivity contribution >= 4 is 5.95 Å². The van der Waals surface area contributed by atoms with E-state index in [1.807, 2.05) is 0 Å². The summed E-state index contributed by atoms with van der Waals surface area (Å²) < 4.78 is 19.4. The quantitative estimate of drug-likeness (QED) is 0.579. The Balaban J connectivity index is 1.75. The predicted octanol–water partition coefficient (Wildman–Crippen LogP) is 1.76. The van der Waals surface area contributed by atoms with E-state index in [0.717, 1.165) is 10.6 Å². The molecule has 0 atom stereocenters. The highest BCUT2D eigenvalue weighted by Crippen LogP contribution is 2.14. The Hall–Kier alpha value is -3.75. The second-order valence-electron chi connectivity index (χ2n) is 5.44. The highest BCUT2D eigenvalue weighted by atomic mass is 19.1. The molecule has 1 aromatic carbocycles. The molecule has 3 heterocycles. The van der Waals surface area contributed by atoms with Crippen molar-refractivity contribution in [1.29, 1.82) is 0 Å². The molecule has 130 valence electrons. The molecular formula is C17H12FN5O3. The van der Waals surface area contributed by atoms with E-state index in [4.69, 9.17) is 4.42 Å². The van der Waals surface area contributed by atoms with Crippen LogP contribution in [0.5, 0.6) is 0 Å². The molecule has 0 radical (unpaired) electrons. The van der Waals surface area contributed by atoms with Gasteiger partial charge in [0.1, 0.15) is 17.1 Å². The maximum absolute atomic E-state index is 13.4. The second kappa shape index (κ2) is 6.28. The number of rotatable bonds is 4. The van der Waals surface area contributed by atoms with Crippen LogP contribution in [0.15, 0.2) is 62.9 Å². The average Bonchev–Trinajstić information content (AvgIpc) is 3.13. The predicted molar refractivity (Wildman–Crippen MR) is 90.9 cm³/mol. The molecule has 0 unspecified atom stereocenters. The summed E-state index contributed by atoms with van der Waals surface area (Å²) in [5, 5.41) is 2.97. The highest BCUT2D eigenvalue weighted by molar-refractivity contribution is 5.56. The first-order valence-electron chi connectivity index (χ1n) is 7.66. The maximum Gasteiger partial charge on any atom is 0.357 e. The van der Waals surface area contributed by atoms with Gasteiger partial charge >= 0.3 is 5.69 Å². The number of benzene rings is 1. The molecule has 0 amide bonds. The summed E-state index contributed by atoms with van der Waals surface area (Å²) in [4.78, 5) is 35.7. The molecule has 0 saturated heterocycles. The van der Waals surface area contributed by atoms with Crippen LogP contribution in [-0.4, -0.2) is 19.5 Å². The lowest BCUT2D eigenvalue weighted by atomic mass is 10.2. The van der Waals surface area contributed by atoms with Crippen molar-refractivity contribution < 1.29 is 8.81 Å². The Morgan fingerprint density at radius 1 is 1.23 bits per heavy atom. The Bertz CT molecular complexity index is 1150. The van der Waals surface area contributed by atoms with Crippen molar-refractivity contribution in [2.45, 2.75) is 6.54 Å². The molecule has 0 saturated carbocycles. The first kappa shape index (κ1) is 15.8. The number of aromatic amines is 1. The van der Waals surface area contributed by atoms with Gasteiger partial charge in [-0.05, 0) is 30.3 Å². The van der Waals surface area contributed by atoms with E-state index in [9.17, 15) is 14.0 Å². The van der Waals surface area contributed by atoms with Gasteiger partial charge in [0.15, 0.2) is 5.82 Å². The molecule has 8 nitrogen and oxygen atoms in total. The molecule has 2 aliphatic heterocycles. The molecule has 1 aromatic heterocycles. The zero-order valence-corrected chi connectivity index (χ0v) is 13.3. The monoisotopic (exact) mass is 353 g/mol. The van der Waals surface area contributed by atoms with Crippen LogP contribution in [0.4, 0.5) is 10.3 Å². The number of halogens is 1. The fraction of sp³-hybridized carbons (Fsp3) is 0.0588. The number of H-pyrrole nitrogens is 1.